The molecule has 6 unspecified atom stereocenters. The Labute approximate surface area is 243 Å². The number of aryl methyl sites for hydroxylation is 1. The summed E-state index contributed by atoms with van der Waals surface area (Å²) in [7, 11) is 1.05. The molecule has 0 bridgehead atoms. The van der Waals surface area contributed by atoms with Crippen molar-refractivity contribution in [2.45, 2.75) is 35.4 Å². The molecule has 2 aliphatic heterocycles. The molecule has 0 spiro atoms. The topological polar surface area (TPSA) is 121 Å². The SMILES string of the molecule is COC(=O)N1C(=O)C2CC=C3C(CC4(Cl)C(=O)N(c5ccc(F)cc5)C(=O)C4(Cl)C3c3cccc(C)c3O)C2C1=O. The maximum Gasteiger partial charge on any atom is 0.423 e. The smallest absolute Gasteiger partial charge is 0.423 e. The first-order valence-corrected chi connectivity index (χ1v) is 13.6. The van der Waals surface area contributed by atoms with Gasteiger partial charge in [0.05, 0.1) is 24.6 Å². The fraction of sp³-hybridized carbons (Fsp3) is 0.345. The fourth-order valence-corrected chi connectivity index (χ4v) is 7.86. The molecule has 0 aromatic heterocycles. The molecule has 9 nitrogen and oxygen atoms in total. The summed E-state index contributed by atoms with van der Waals surface area (Å²) in [6.45, 7) is 1.65. The van der Waals surface area contributed by atoms with E-state index in [1.807, 2.05) is 0 Å². The van der Waals surface area contributed by atoms with Crippen LogP contribution >= 0.6 is 23.2 Å². The van der Waals surface area contributed by atoms with Crippen molar-refractivity contribution in [1.82, 2.24) is 4.90 Å². The molecule has 4 aliphatic rings. The average molecular weight is 601 g/mol. The maximum absolute atomic E-state index is 14.2. The van der Waals surface area contributed by atoms with Crippen molar-refractivity contribution < 1.29 is 38.2 Å². The molecule has 212 valence electrons. The Hall–Kier alpha value is -3.76. The number of allylic oxidation sites excluding steroid dienone is 2. The molecule has 6 rings (SSSR count). The van der Waals surface area contributed by atoms with Crippen molar-refractivity contribution in [2.24, 2.45) is 17.8 Å². The van der Waals surface area contributed by atoms with Crippen molar-refractivity contribution in [3.8, 4) is 5.75 Å². The van der Waals surface area contributed by atoms with Crippen molar-refractivity contribution in [3.05, 3.63) is 71.1 Å². The van der Waals surface area contributed by atoms with Crippen LogP contribution in [-0.2, 0) is 23.9 Å². The fourth-order valence-electron chi connectivity index (χ4n) is 6.93. The van der Waals surface area contributed by atoms with E-state index in [4.69, 9.17) is 23.2 Å². The molecule has 1 saturated carbocycles. The number of benzene rings is 2. The van der Waals surface area contributed by atoms with Crippen LogP contribution in [0.1, 0.15) is 29.9 Å². The second-order valence-electron chi connectivity index (χ2n) is 10.7. The Kier molecular flexibility index (Phi) is 6.10. The predicted octanol–water partition coefficient (Wildman–Crippen LogP) is 4.17. The lowest BCUT2D eigenvalue weighted by Gasteiger charge is -2.50. The number of ether oxygens (including phenoxy) is 1. The molecule has 1 N–H and O–H groups in total. The highest BCUT2D eigenvalue weighted by molar-refractivity contribution is 6.58. The normalized spacial score (nSPS) is 32.5. The second-order valence-corrected chi connectivity index (χ2v) is 12.0. The van der Waals surface area contributed by atoms with E-state index in [9.17, 15) is 33.5 Å². The molecule has 5 amide bonds. The van der Waals surface area contributed by atoms with E-state index in [0.29, 0.717) is 16.0 Å². The number of carbonyl (C=O) groups excluding carboxylic acids is 5. The minimum atomic E-state index is -2.17. The summed E-state index contributed by atoms with van der Waals surface area (Å²) in [6.07, 6.45) is 0.290. The van der Waals surface area contributed by atoms with Crippen molar-refractivity contribution in [3.63, 3.8) is 0 Å². The van der Waals surface area contributed by atoms with E-state index in [1.165, 1.54) is 12.1 Å². The number of rotatable bonds is 2. The van der Waals surface area contributed by atoms with Gasteiger partial charge in [-0.05, 0) is 55.5 Å². The summed E-state index contributed by atoms with van der Waals surface area (Å²) >= 11 is 14.4. The highest BCUT2D eigenvalue weighted by Crippen LogP contribution is 2.66. The lowest BCUT2D eigenvalue weighted by Crippen LogP contribution is -2.60. The van der Waals surface area contributed by atoms with Crippen LogP contribution in [0, 0.1) is 30.5 Å². The zero-order valence-corrected chi connectivity index (χ0v) is 23.3. The molecule has 41 heavy (non-hydrogen) atoms. The van der Waals surface area contributed by atoms with Gasteiger partial charge in [0, 0.05) is 11.5 Å². The highest BCUT2D eigenvalue weighted by atomic mass is 35.5. The zero-order valence-electron chi connectivity index (χ0n) is 21.8. The number of hydrogen-bond acceptors (Lipinski definition) is 7. The predicted molar refractivity (Wildman–Crippen MR) is 144 cm³/mol. The van der Waals surface area contributed by atoms with E-state index >= 15 is 0 Å². The zero-order chi connectivity index (χ0) is 29.6. The number of phenols is 1. The third-order valence-corrected chi connectivity index (χ3v) is 10.2. The Balaban J connectivity index is 1.57. The van der Waals surface area contributed by atoms with Crippen LogP contribution in [0.2, 0.25) is 0 Å². The van der Waals surface area contributed by atoms with Crippen molar-refractivity contribution >= 4 is 58.6 Å². The van der Waals surface area contributed by atoms with E-state index < -0.39 is 69.0 Å². The first kappa shape index (κ1) is 27.4. The number of likely N-dealkylation sites (tertiary alicyclic amines) is 1. The third kappa shape index (κ3) is 3.43. The molecule has 0 radical (unpaired) electrons. The van der Waals surface area contributed by atoms with Crippen LogP contribution in [0.15, 0.2) is 54.1 Å². The number of amides is 5. The first-order valence-electron chi connectivity index (χ1n) is 12.8. The summed E-state index contributed by atoms with van der Waals surface area (Å²) in [4.78, 5) is 64.3. The number of nitrogens with zero attached hydrogens (tertiary/aromatic N) is 2. The number of carbonyl (C=O) groups is 5. The molecular weight excluding hydrogens is 578 g/mol. The van der Waals surface area contributed by atoms with Gasteiger partial charge in [0.1, 0.15) is 11.6 Å². The molecule has 6 atom stereocenters. The monoisotopic (exact) mass is 600 g/mol. The Bertz CT molecular complexity index is 1590. The number of para-hydroxylation sites is 1. The van der Waals surface area contributed by atoms with Gasteiger partial charge in [0.15, 0.2) is 9.75 Å². The van der Waals surface area contributed by atoms with Crippen LogP contribution in [0.4, 0.5) is 14.9 Å². The van der Waals surface area contributed by atoms with Gasteiger partial charge in [-0.3, -0.25) is 19.2 Å². The Morgan fingerprint density at radius 1 is 1.02 bits per heavy atom. The van der Waals surface area contributed by atoms with Gasteiger partial charge in [-0.25, -0.2) is 14.1 Å². The summed E-state index contributed by atoms with van der Waals surface area (Å²) in [5, 5.41) is 11.2. The molecule has 2 aromatic carbocycles. The lowest BCUT2D eigenvalue weighted by atomic mass is 9.56. The Morgan fingerprint density at radius 3 is 2.37 bits per heavy atom. The number of hydrogen-bond donors (Lipinski definition) is 1. The van der Waals surface area contributed by atoms with Crippen LogP contribution in [0.25, 0.3) is 0 Å². The van der Waals surface area contributed by atoms with Gasteiger partial charge in [-0.15, -0.1) is 23.2 Å². The number of methoxy groups -OCH3 is 1. The first-order chi connectivity index (χ1) is 19.4. The number of fused-ring (bicyclic) bond motifs is 4. The van der Waals surface area contributed by atoms with Gasteiger partial charge in [0.2, 0.25) is 11.8 Å². The largest absolute Gasteiger partial charge is 0.507 e. The highest BCUT2D eigenvalue weighted by Gasteiger charge is 2.77. The maximum atomic E-state index is 14.2. The molecular formula is C29H23Cl2FN2O7. The van der Waals surface area contributed by atoms with Gasteiger partial charge in [-0.1, -0.05) is 29.8 Å². The van der Waals surface area contributed by atoms with Crippen molar-refractivity contribution in [1.29, 1.82) is 0 Å². The standard InChI is InChI=1S/C29H23Cl2FN2O7/c1-13-4-3-5-18(22(13)35)21-16-10-11-17-20(24(37)34(23(17)36)27(40)41-2)19(16)12-28(30)25(38)33(26(39)29(21,28)31)15-8-6-14(32)7-9-15/h3-10,17,19-21,35H,11-12H2,1-2H3. The molecule has 2 saturated heterocycles. The van der Waals surface area contributed by atoms with Gasteiger partial charge < -0.3 is 9.84 Å². The van der Waals surface area contributed by atoms with Gasteiger partial charge in [0.25, 0.3) is 11.8 Å². The lowest BCUT2D eigenvalue weighted by molar-refractivity contribution is -0.138. The molecule has 3 fully saturated rings. The minimum absolute atomic E-state index is 0.0434. The van der Waals surface area contributed by atoms with E-state index in [-0.39, 0.29) is 29.8 Å². The summed E-state index contributed by atoms with van der Waals surface area (Å²) in [6, 6.07) is 9.53. The molecule has 2 aliphatic carbocycles. The third-order valence-electron chi connectivity index (χ3n) is 8.83. The summed E-state index contributed by atoms with van der Waals surface area (Å²) < 4.78 is 18.4. The summed E-state index contributed by atoms with van der Waals surface area (Å²) in [5.41, 5.74) is 1.17. The molecule has 12 heteroatoms. The second kappa shape index (κ2) is 9.12. The van der Waals surface area contributed by atoms with E-state index in [1.54, 1.807) is 31.2 Å². The number of phenolic OH excluding ortho intramolecular Hbond substituents is 1. The molecule has 2 heterocycles. The number of anilines is 1. The molecule has 2 aromatic rings. The van der Waals surface area contributed by atoms with Crippen LogP contribution in [0.3, 0.4) is 0 Å². The average Bonchev–Trinajstić information content (AvgIpc) is 3.29. The minimum Gasteiger partial charge on any atom is -0.507 e. The van der Waals surface area contributed by atoms with E-state index in [0.717, 1.165) is 24.1 Å². The number of alkyl halides is 2. The van der Waals surface area contributed by atoms with Crippen LogP contribution in [0.5, 0.6) is 5.75 Å². The van der Waals surface area contributed by atoms with Crippen molar-refractivity contribution in [2.75, 3.05) is 12.0 Å². The van der Waals surface area contributed by atoms with Gasteiger partial charge >= 0.3 is 6.09 Å². The Morgan fingerprint density at radius 2 is 1.71 bits per heavy atom. The van der Waals surface area contributed by atoms with Crippen LogP contribution in [-0.4, -0.2) is 56.6 Å². The van der Waals surface area contributed by atoms with Crippen LogP contribution < -0.4 is 4.90 Å². The van der Waals surface area contributed by atoms with Gasteiger partial charge in [-0.2, -0.15) is 4.90 Å². The number of halogens is 3. The van der Waals surface area contributed by atoms with E-state index in [2.05, 4.69) is 4.74 Å². The quantitative estimate of drug-likeness (QED) is 0.312. The number of aromatic hydroxyl groups is 1. The number of imide groups is 4. The summed E-state index contributed by atoms with van der Waals surface area (Å²) in [5.74, 6) is -8.15.